The van der Waals surface area contributed by atoms with Crippen molar-refractivity contribution in [3.8, 4) is 0 Å². The molecule has 1 heterocycles. The molecular formula is C16H16N4. The first-order valence-electron chi connectivity index (χ1n) is 6.52. The first-order valence-corrected chi connectivity index (χ1v) is 6.52. The van der Waals surface area contributed by atoms with Crippen molar-refractivity contribution < 1.29 is 0 Å². The molecule has 4 nitrogen and oxygen atoms in total. The van der Waals surface area contributed by atoms with E-state index >= 15 is 0 Å². The molecular weight excluding hydrogens is 248 g/mol. The Bertz CT molecular complexity index is 734. The number of para-hydroxylation sites is 1. The predicted octanol–water partition coefficient (Wildman–Crippen LogP) is 2.86. The summed E-state index contributed by atoms with van der Waals surface area (Å²) in [5.41, 5.74) is 8.82. The van der Waals surface area contributed by atoms with E-state index in [1.54, 1.807) is 6.33 Å². The Morgan fingerprint density at radius 2 is 1.90 bits per heavy atom. The molecule has 0 bridgehead atoms. The second kappa shape index (κ2) is 5.27. The lowest BCUT2D eigenvalue weighted by molar-refractivity contribution is 1.06. The second-order valence-electron chi connectivity index (χ2n) is 4.65. The lowest BCUT2D eigenvalue weighted by Gasteiger charge is -2.20. The molecule has 1 aromatic heterocycles. The van der Waals surface area contributed by atoms with Gasteiger partial charge in [0.2, 0.25) is 0 Å². The molecule has 20 heavy (non-hydrogen) atoms. The molecule has 3 aromatic rings. The summed E-state index contributed by atoms with van der Waals surface area (Å²) in [5, 5.41) is 1.04. The summed E-state index contributed by atoms with van der Waals surface area (Å²) < 4.78 is 0. The Labute approximate surface area is 117 Å². The summed E-state index contributed by atoms with van der Waals surface area (Å²) in [6.45, 7) is 0.534. The maximum atomic E-state index is 5.70. The lowest BCUT2D eigenvalue weighted by atomic mass is 10.1. The van der Waals surface area contributed by atoms with Crippen molar-refractivity contribution in [3.05, 3.63) is 60.4 Å². The van der Waals surface area contributed by atoms with Gasteiger partial charge >= 0.3 is 0 Å². The monoisotopic (exact) mass is 264 g/mol. The van der Waals surface area contributed by atoms with Crippen LogP contribution >= 0.6 is 0 Å². The molecule has 0 radical (unpaired) electrons. The highest BCUT2D eigenvalue weighted by Gasteiger charge is 2.10. The zero-order valence-electron chi connectivity index (χ0n) is 11.3. The predicted molar refractivity (Wildman–Crippen MR) is 81.9 cm³/mol. The molecule has 2 aromatic carbocycles. The van der Waals surface area contributed by atoms with Gasteiger partial charge in [0, 0.05) is 24.7 Å². The normalized spacial score (nSPS) is 10.7. The van der Waals surface area contributed by atoms with Crippen LogP contribution < -0.4 is 10.6 Å². The Balaban J connectivity index is 2.10. The molecule has 0 atom stereocenters. The SMILES string of the molecule is CN(c1cccc(CN)c1)c1ncnc2ccccc12. The quantitative estimate of drug-likeness (QED) is 0.790. The van der Waals surface area contributed by atoms with E-state index < -0.39 is 0 Å². The van der Waals surface area contributed by atoms with Crippen LogP contribution in [0.5, 0.6) is 0 Å². The summed E-state index contributed by atoms with van der Waals surface area (Å²) >= 11 is 0. The number of anilines is 2. The van der Waals surface area contributed by atoms with Crippen molar-refractivity contribution in [2.24, 2.45) is 5.73 Å². The average Bonchev–Trinajstić information content (AvgIpc) is 2.53. The van der Waals surface area contributed by atoms with Gasteiger partial charge in [-0.15, -0.1) is 0 Å². The number of aromatic nitrogens is 2. The summed E-state index contributed by atoms with van der Waals surface area (Å²) in [4.78, 5) is 10.8. The minimum atomic E-state index is 0.534. The summed E-state index contributed by atoms with van der Waals surface area (Å²) in [5.74, 6) is 0.893. The fraction of sp³-hybridized carbons (Fsp3) is 0.125. The van der Waals surface area contributed by atoms with Crippen molar-refractivity contribution in [1.82, 2.24) is 9.97 Å². The Morgan fingerprint density at radius 3 is 2.75 bits per heavy atom. The Kier molecular flexibility index (Phi) is 3.31. The van der Waals surface area contributed by atoms with E-state index in [0.717, 1.165) is 28.0 Å². The highest BCUT2D eigenvalue weighted by molar-refractivity contribution is 5.91. The van der Waals surface area contributed by atoms with Crippen LogP contribution in [0.3, 0.4) is 0 Å². The van der Waals surface area contributed by atoms with Gasteiger partial charge in [0.15, 0.2) is 0 Å². The third-order valence-corrected chi connectivity index (χ3v) is 3.37. The van der Waals surface area contributed by atoms with E-state index in [9.17, 15) is 0 Å². The maximum Gasteiger partial charge on any atom is 0.144 e. The van der Waals surface area contributed by atoms with Gasteiger partial charge in [-0.3, -0.25) is 0 Å². The number of nitrogens with zero attached hydrogens (tertiary/aromatic N) is 3. The molecule has 3 rings (SSSR count). The van der Waals surface area contributed by atoms with E-state index in [4.69, 9.17) is 5.73 Å². The first kappa shape index (κ1) is 12.6. The first-order chi connectivity index (χ1) is 9.79. The number of hydrogen-bond donors (Lipinski definition) is 1. The van der Waals surface area contributed by atoms with Crippen molar-refractivity contribution in [2.45, 2.75) is 6.54 Å². The topological polar surface area (TPSA) is 55.0 Å². The molecule has 0 unspecified atom stereocenters. The molecule has 0 aliphatic heterocycles. The molecule has 100 valence electrons. The van der Waals surface area contributed by atoms with E-state index in [1.807, 2.05) is 43.4 Å². The third kappa shape index (κ3) is 2.21. The largest absolute Gasteiger partial charge is 0.329 e. The van der Waals surface area contributed by atoms with Crippen LogP contribution in [0.4, 0.5) is 11.5 Å². The summed E-state index contributed by atoms with van der Waals surface area (Å²) in [7, 11) is 2.00. The standard InChI is InChI=1S/C16H16N4/c1-20(13-6-4-5-12(9-13)10-17)16-14-7-2-3-8-15(14)18-11-19-16/h2-9,11H,10,17H2,1H3. The number of hydrogen-bond acceptors (Lipinski definition) is 4. The second-order valence-corrected chi connectivity index (χ2v) is 4.65. The van der Waals surface area contributed by atoms with Crippen LogP contribution in [-0.4, -0.2) is 17.0 Å². The number of nitrogens with two attached hydrogens (primary N) is 1. The van der Waals surface area contributed by atoms with Gasteiger partial charge in [-0.1, -0.05) is 24.3 Å². The maximum absolute atomic E-state index is 5.70. The van der Waals surface area contributed by atoms with E-state index in [1.165, 1.54) is 0 Å². The van der Waals surface area contributed by atoms with Gasteiger partial charge in [-0.25, -0.2) is 9.97 Å². The van der Waals surface area contributed by atoms with E-state index in [0.29, 0.717) is 6.54 Å². The van der Waals surface area contributed by atoms with Crippen LogP contribution in [0, 0.1) is 0 Å². The molecule has 0 spiro atoms. The third-order valence-electron chi connectivity index (χ3n) is 3.37. The Morgan fingerprint density at radius 1 is 1.05 bits per heavy atom. The van der Waals surface area contributed by atoms with Crippen molar-refractivity contribution in [2.75, 3.05) is 11.9 Å². The minimum Gasteiger partial charge on any atom is -0.329 e. The van der Waals surface area contributed by atoms with Gasteiger partial charge in [0.25, 0.3) is 0 Å². The van der Waals surface area contributed by atoms with Crippen LogP contribution in [0.2, 0.25) is 0 Å². The van der Waals surface area contributed by atoms with Crippen LogP contribution in [-0.2, 0) is 6.54 Å². The van der Waals surface area contributed by atoms with Gasteiger partial charge in [-0.05, 0) is 29.8 Å². The smallest absolute Gasteiger partial charge is 0.144 e. The minimum absolute atomic E-state index is 0.534. The molecule has 0 aliphatic rings. The summed E-state index contributed by atoms with van der Waals surface area (Å²) in [6.07, 6.45) is 1.60. The molecule has 4 heteroatoms. The number of rotatable bonds is 3. The van der Waals surface area contributed by atoms with Gasteiger partial charge < -0.3 is 10.6 Å². The zero-order valence-corrected chi connectivity index (χ0v) is 11.3. The molecule has 2 N–H and O–H groups in total. The molecule has 0 fully saturated rings. The number of benzene rings is 2. The highest BCUT2D eigenvalue weighted by Crippen LogP contribution is 2.28. The van der Waals surface area contributed by atoms with Gasteiger partial charge in [-0.2, -0.15) is 0 Å². The van der Waals surface area contributed by atoms with Crippen LogP contribution in [0.25, 0.3) is 10.9 Å². The van der Waals surface area contributed by atoms with E-state index in [-0.39, 0.29) is 0 Å². The molecule has 0 saturated heterocycles. The fourth-order valence-electron chi connectivity index (χ4n) is 2.27. The molecule has 0 saturated carbocycles. The van der Waals surface area contributed by atoms with Gasteiger partial charge in [0.1, 0.15) is 12.1 Å². The van der Waals surface area contributed by atoms with Gasteiger partial charge in [0.05, 0.1) is 5.52 Å². The summed E-state index contributed by atoms with van der Waals surface area (Å²) in [6, 6.07) is 16.2. The van der Waals surface area contributed by atoms with Crippen molar-refractivity contribution in [1.29, 1.82) is 0 Å². The zero-order chi connectivity index (χ0) is 13.9. The van der Waals surface area contributed by atoms with Crippen LogP contribution in [0.1, 0.15) is 5.56 Å². The fourth-order valence-corrected chi connectivity index (χ4v) is 2.27. The number of fused-ring (bicyclic) bond motifs is 1. The average molecular weight is 264 g/mol. The molecule has 0 amide bonds. The van der Waals surface area contributed by atoms with Crippen LogP contribution in [0.15, 0.2) is 54.9 Å². The Hall–Kier alpha value is -2.46. The van der Waals surface area contributed by atoms with Crippen molar-refractivity contribution >= 4 is 22.4 Å². The van der Waals surface area contributed by atoms with Crippen molar-refractivity contribution in [3.63, 3.8) is 0 Å². The highest BCUT2D eigenvalue weighted by atomic mass is 15.2. The lowest BCUT2D eigenvalue weighted by Crippen LogP contribution is -2.12. The van der Waals surface area contributed by atoms with E-state index in [2.05, 4.69) is 27.0 Å². The molecule has 0 aliphatic carbocycles.